The fourth-order valence-electron chi connectivity index (χ4n) is 1.39. The Morgan fingerprint density at radius 2 is 1.87 bits per heavy atom. The quantitative estimate of drug-likeness (QED) is 0.585. The maximum atomic E-state index is 11.5. The lowest BCUT2D eigenvalue weighted by molar-refractivity contribution is -0.123. The van der Waals surface area contributed by atoms with Crippen molar-refractivity contribution in [1.29, 1.82) is 0 Å². The molecule has 0 rings (SSSR count). The second-order valence-electron chi connectivity index (χ2n) is 4.32. The molecule has 0 bridgehead atoms. The van der Waals surface area contributed by atoms with Crippen molar-refractivity contribution in [2.24, 2.45) is 0 Å². The highest BCUT2D eigenvalue weighted by Gasteiger charge is 2.15. The van der Waals surface area contributed by atoms with Gasteiger partial charge >= 0.3 is 0 Å². The Morgan fingerprint density at radius 3 is 2.33 bits per heavy atom. The van der Waals surface area contributed by atoms with Crippen LogP contribution in [-0.2, 0) is 4.79 Å². The van der Waals surface area contributed by atoms with Gasteiger partial charge in [0.05, 0.1) is 6.04 Å². The van der Waals surface area contributed by atoms with Crippen LogP contribution in [0, 0.1) is 0 Å². The van der Waals surface area contributed by atoms with Gasteiger partial charge in [-0.15, -0.1) is 0 Å². The van der Waals surface area contributed by atoms with E-state index in [1.165, 1.54) is 0 Å². The van der Waals surface area contributed by atoms with Crippen LogP contribution in [0.2, 0.25) is 0 Å². The molecular formula is C11H24N2O2. The molecule has 4 heteroatoms. The molecule has 0 heterocycles. The third kappa shape index (κ3) is 7.33. The van der Waals surface area contributed by atoms with Gasteiger partial charge in [0.15, 0.2) is 0 Å². The van der Waals surface area contributed by atoms with Crippen LogP contribution in [0.5, 0.6) is 0 Å². The average Bonchev–Trinajstić information content (AvgIpc) is 2.13. The Kier molecular flexibility index (Phi) is 7.34. The summed E-state index contributed by atoms with van der Waals surface area (Å²) < 4.78 is 0. The molecule has 0 aliphatic heterocycles. The van der Waals surface area contributed by atoms with Crippen molar-refractivity contribution >= 4 is 5.91 Å². The van der Waals surface area contributed by atoms with Gasteiger partial charge in [-0.05, 0) is 40.5 Å². The van der Waals surface area contributed by atoms with Crippen molar-refractivity contribution in [2.45, 2.75) is 58.7 Å². The fraction of sp³-hybridized carbons (Fsp3) is 0.909. The maximum absolute atomic E-state index is 11.5. The topological polar surface area (TPSA) is 61.4 Å². The zero-order valence-electron chi connectivity index (χ0n) is 10.2. The zero-order valence-corrected chi connectivity index (χ0v) is 10.2. The van der Waals surface area contributed by atoms with Gasteiger partial charge in [0.1, 0.15) is 0 Å². The van der Waals surface area contributed by atoms with Gasteiger partial charge in [0, 0.05) is 18.7 Å². The molecule has 0 aromatic heterocycles. The van der Waals surface area contributed by atoms with Gasteiger partial charge in [-0.1, -0.05) is 0 Å². The van der Waals surface area contributed by atoms with E-state index in [0.29, 0.717) is 0 Å². The summed E-state index contributed by atoms with van der Waals surface area (Å²) in [6, 6.07) is 0.251. The van der Waals surface area contributed by atoms with Crippen LogP contribution in [0.4, 0.5) is 0 Å². The van der Waals surface area contributed by atoms with Gasteiger partial charge in [0.25, 0.3) is 0 Å². The first-order chi connectivity index (χ1) is 6.97. The summed E-state index contributed by atoms with van der Waals surface area (Å²) in [5.74, 6) is 0.0286. The van der Waals surface area contributed by atoms with Crippen LogP contribution in [-0.4, -0.2) is 35.7 Å². The molecule has 15 heavy (non-hydrogen) atoms. The Morgan fingerprint density at radius 1 is 1.27 bits per heavy atom. The fourth-order valence-corrected chi connectivity index (χ4v) is 1.39. The molecule has 2 unspecified atom stereocenters. The molecule has 2 atom stereocenters. The average molecular weight is 216 g/mol. The molecule has 0 saturated carbocycles. The van der Waals surface area contributed by atoms with Crippen LogP contribution in [0.15, 0.2) is 0 Å². The first-order valence-electron chi connectivity index (χ1n) is 5.64. The van der Waals surface area contributed by atoms with E-state index in [4.69, 9.17) is 5.11 Å². The van der Waals surface area contributed by atoms with Crippen molar-refractivity contribution in [1.82, 2.24) is 10.6 Å². The summed E-state index contributed by atoms with van der Waals surface area (Å²) in [7, 11) is 0. The Balaban J connectivity index is 3.80. The lowest BCUT2D eigenvalue weighted by atomic mass is 10.1. The number of amides is 1. The van der Waals surface area contributed by atoms with E-state index in [1.54, 1.807) is 0 Å². The van der Waals surface area contributed by atoms with Gasteiger partial charge < -0.3 is 15.7 Å². The smallest absolute Gasteiger partial charge is 0.237 e. The number of nitrogens with one attached hydrogen (secondary N) is 2. The highest BCUT2D eigenvalue weighted by molar-refractivity contribution is 5.81. The van der Waals surface area contributed by atoms with E-state index in [-0.39, 0.29) is 30.6 Å². The van der Waals surface area contributed by atoms with E-state index in [9.17, 15) is 4.79 Å². The summed E-state index contributed by atoms with van der Waals surface area (Å²) in [4.78, 5) is 11.5. The molecule has 0 aromatic carbocycles. The van der Waals surface area contributed by atoms with Crippen LogP contribution in [0.25, 0.3) is 0 Å². The third-order valence-corrected chi connectivity index (χ3v) is 2.15. The highest BCUT2D eigenvalue weighted by Crippen LogP contribution is 1.97. The predicted molar refractivity (Wildman–Crippen MR) is 61.7 cm³/mol. The third-order valence-electron chi connectivity index (χ3n) is 2.15. The number of aliphatic hydroxyl groups excluding tert-OH is 1. The Hall–Kier alpha value is -0.610. The first-order valence-corrected chi connectivity index (χ1v) is 5.64. The van der Waals surface area contributed by atoms with E-state index in [1.807, 2.05) is 27.7 Å². The molecule has 4 nitrogen and oxygen atoms in total. The molecule has 0 aromatic rings. The van der Waals surface area contributed by atoms with Gasteiger partial charge in [0.2, 0.25) is 5.91 Å². The molecule has 0 spiro atoms. The molecule has 90 valence electrons. The van der Waals surface area contributed by atoms with Crippen molar-refractivity contribution in [2.75, 3.05) is 6.61 Å². The first kappa shape index (κ1) is 14.4. The van der Waals surface area contributed by atoms with Gasteiger partial charge in [-0.2, -0.15) is 0 Å². The number of aliphatic hydroxyl groups is 1. The molecule has 0 saturated heterocycles. The van der Waals surface area contributed by atoms with E-state index >= 15 is 0 Å². The molecular weight excluding hydrogens is 192 g/mol. The van der Waals surface area contributed by atoms with Gasteiger partial charge in [-0.3, -0.25) is 4.79 Å². The number of hydrogen-bond donors (Lipinski definition) is 3. The summed E-state index contributed by atoms with van der Waals surface area (Å²) in [5, 5.41) is 14.7. The van der Waals surface area contributed by atoms with Crippen molar-refractivity contribution in [3.8, 4) is 0 Å². The van der Waals surface area contributed by atoms with E-state index in [2.05, 4.69) is 10.6 Å². The van der Waals surface area contributed by atoms with Crippen molar-refractivity contribution in [3.05, 3.63) is 0 Å². The molecule has 1 amide bonds. The number of carbonyl (C=O) groups is 1. The van der Waals surface area contributed by atoms with Gasteiger partial charge in [-0.25, -0.2) is 0 Å². The molecule has 0 aliphatic rings. The minimum absolute atomic E-state index is 0.0286. The number of carbonyl (C=O) groups excluding carboxylic acids is 1. The summed E-state index contributed by atoms with van der Waals surface area (Å²) in [5.41, 5.74) is 0. The second-order valence-corrected chi connectivity index (χ2v) is 4.32. The zero-order chi connectivity index (χ0) is 11.8. The molecule has 0 aliphatic carbocycles. The number of hydrogen-bond acceptors (Lipinski definition) is 3. The lowest BCUT2D eigenvalue weighted by Crippen LogP contribution is -2.47. The Bertz CT molecular complexity index is 183. The monoisotopic (exact) mass is 216 g/mol. The normalized spacial score (nSPS) is 15.1. The minimum atomic E-state index is -0.180. The van der Waals surface area contributed by atoms with Crippen molar-refractivity contribution < 1.29 is 9.90 Å². The second kappa shape index (κ2) is 7.65. The minimum Gasteiger partial charge on any atom is -0.396 e. The SMILES string of the molecule is CC(C)NC(=O)C(C)NC(C)CCCO. The molecule has 0 fully saturated rings. The van der Waals surface area contributed by atoms with Crippen LogP contribution in [0.3, 0.4) is 0 Å². The maximum Gasteiger partial charge on any atom is 0.237 e. The van der Waals surface area contributed by atoms with Crippen LogP contribution in [0.1, 0.15) is 40.5 Å². The lowest BCUT2D eigenvalue weighted by Gasteiger charge is -2.20. The summed E-state index contributed by atoms with van der Waals surface area (Å²) >= 11 is 0. The highest BCUT2D eigenvalue weighted by atomic mass is 16.2. The largest absolute Gasteiger partial charge is 0.396 e. The molecule has 3 N–H and O–H groups in total. The standard InChI is InChI=1S/C11H24N2O2/c1-8(2)12-11(15)10(4)13-9(3)6-5-7-14/h8-10,13-14H,5-7H2,1-4H3,(H,12,15). The molecule has 0 radical (unpaired) electrons. The van der Waals surface area contributed by atoms with Crippen molar-refractivity contribution in [3.63, 3.8) is 0 Å². The van der Waals surface area contributed by atoms with E-state index < -0.39 is 0 Å². The number of rotatable bonds is 7. The predicted octanol–water partition coefficient (Wildman–Crippen LogP) is 0.650. The van der Waals surface area contributed by atoms with Crippen LogP contribution < -0.4 is 10.6 Å². The Labute approximate surface area is 92.4 Å². The summed E-state index contributed by atoms with van der Waals surface area (Å²) in [6.07, 6.45) is 1.66. The van der Waals surface area contributed by atoms with Crippen LogP contribution >= 0.6 is 0 Å². The summed E-state index contributed by atoms with van der Waals surface area (Å²) in [6.45, 7) is 7.97. The van der Waals surface area contributed by atoms with E-state index in [0.717, 1.165) is 12.8 Å².